The van der Waals surface area contributed by atoms with Gasteiger partial charge in [-0.2, -0.15) is 0 Å². The predicted octanol–water partition coefficient (Wildman–Crippen LogP) is 15.9. The van der Waals surface area contributed by atoms with Gasteiger partial charge in [0.2, 0.25) is 0 Å². The Morgan fingerprint density at radius 3 is 1.69 bits per heavy atom. The quantitative estimate of drug-likeness (QED) is 0.172. The molecule has 11 aromatic rings. The molecule has 10 aromatic carbocycles. The van der Waals surface area contributed by atoms with Crippen molar-refractivity contribution >= 4 is 38.9 Å². The number of hydrogen-bond acceptors (Lipinski definition) is 1. The molecule has 15 rings (SSSR count). The number of benzene rings is 10. The molecule has 1 unspecified atom stereocenters. The summed E-state index contributed by atoms with van der Waals surface area (Å²) in [6.07, 6.45) is 0. The van der Waals surface area contributed by atoms with Crippen molar-refractivity contribution in [1.82, 2.24) is 4.57 Å². The van der Waals surface area contributed by atoms with Crippen LogP contribution in [0.4, 0.5) is 17.1 Å². The van der Waals surface area contributed by atoms with E-state index < -0.39 is 5.41 Å². The molecular weight excluding hydrogens is 785 g/mol. The standard InChI is InChI=1S/C63H40N2/c1-62-49-28-10-5-22-43(49)46-25-17-35-58(59(46)62)64(57-37-36-40(38-54(57)62)39-18-3-2-4-19-39)55-33-13-8-23-44(55)47-26-15-31-52-60(47)65-56-34-14-9-24-45(56)48-27-16-32-53(61(48)65)63(52)50-29-11-6-20-41(50)42-21-7-12-30-51(42)63/h2-38H,1H3. The summed E-state index contributed by atoms with van der Waals surface area (Å²) < 4.78 is 2.61. The van der Waals surface area contributed by atoms with E-state index >= 15 is 0 Å². The second kappa shape index (κ2) is 12.5. The summed E-state index contributed by atoms with van der Waals surface area (Å²) in [5, 5.41) is 2.55. The molecule has 1 aromatic heterocycles. The van der Waals surface area contributed by atoms with E-state index in [9.17, 15) is 0 Å². The summed E-state index contributed by atoms with van der Waals surface area (Å²) in [5.41, 5.74) is 25.9. The van der Waals surface area contributed by atoms with Crippen molar-refractivity contribution in [1.29, 1.82) is 0 Å². The van der Waals surface area contributed by atoms with Crippen LogP contribution < -0.4 is 4.90 Å². The van der Waals surface area contributed by atoms with E-state index in [0.29, 0.717) is 0 Å². The molecule has 1 spiro atoms. The normalized spacial score (nSPS) is 16.2. The molecule has 0 radical (unpaired) electrons. The van der Waals surface area contributed by atoms with Crippen molar-refractivity contribution in [2.75, 3.05) is 4.90 Å². The molecule has 0 bridgehead atoms. The zero-order chi connectivity index (χ0) is 42.6. The Morgan fingerprint density at radius 1 is 0.338 bits per heavy atom. The molecule has 3 heterocycles. The van der Waals surface area contributed by atoms with E-state index in [1.807, 2.05) is 0 Å². The summed E-state index contributed by atoms with van der Waals surface area (Å²) in [6.45, 7) is 2.46. The molecule has 302 valence electrons. The molecule has 0 saturated carbocycles. The fourth-order valence-corrected chi connectivity index (χ4v) is 13.1. The van der Waals surface area contributed by atoms with Crippen LogP contribution in [0.15, 0.2) is 224 Å². The molecule has 2 aliphatic carbocycles. The van der Waals surface area contributed by atoms with Crippen molar-refractivity contribution in [3.05, 3.63) is 263 Å². The van der Waals surface area contributed by atoms with Crippen LogP contribution in [-0.4, -0.2) is 4.57 Å². The monoisotopic (exact) mass is 824 g/mol. The third-order valence-corrected chi connectivity index (χ3v) is 15.6. The fourth-order valence-electron chi connectivity index (χ4n) is 13.1. The molecule has 4 aliphatic rings. The van der Waals surface area contributed by atoms with Gasteiger partial charge in [-0.3, -0.25) is 0 Å². The highest BCUT2D eigenvalue weighted by molar-refractivity contribution is 6.14. The first-order chi connectivity index (χ1) is 32.2. The molecule has 0 fully saturated rings. The molecule has 0 amide bonds. The first-order valence-corrected chi connectivity index (χ1v) is 22.9. The van der Waals surface area contributed by atoms with E-state index in [1.54, 1.807) is 0 Å². The van der Waals surface area contributed by atoms with Gasteiger partial charge < -0.3 is 9.47 Å². The highest BCUT2D eigenvalue weighted by Gasteiger charge is 2.52. The smallest absolute Gasteiger partial charge is 0.0754 e. The maximum Gasteiger partial charge on any atom is 0.0754 e. The van der Waals surface area contributed by atoms with Crippen molar-refractivity contribution in [3.63, 3.8) is 0 Å². The first kappa shape index (κ1) is 35.3. The SMILES string of the molecule is CC12c3ccccc3-c3cccc(c31)N(c1ccccc1-c1cccc3c1-n1c4ccccc4c4cccc(c41)C31c3ccccc3-c3ccccc31)c1ccc(-c3ccccc3)cc12. The highest BCUT2D eigenvalue weighted by Crippen LogP contribution is 2.65. The van der Waals surface area contributed by atoms with Crippen molar-refractivity contribution in [2.45, 2.75) is 17.8 Å². The van der Waals surface area contributed by atoms with Gasteiger partial charge in [-0.1, -0.05) is 194 Å². The van der Waals surface area contributed by atoms with E-state index in [2.05, 4.69) is 241 Å². The summed E-state index contributed by atoms with van der Waals surface area (Å²) in [5.74, 6) is 0. The zero-order valence-electron chi connectivity index (χ0n) is 35.8. The number of rotatable bonds is 3. The van der Waals surface area contributed by atoms with Gasteiger partial charge in [0.25, 0.3) is 0 Å². The third kappa shape index (κ3) is 4.21. The first-order valence-electron chi connectivity index (χ1n) is 22.9. The second-order valence-corrected chi connectivity index (χ2v) is 18.4. The van der Waals surface area contributed by atoms with Gasteiger partial charge in [0.15, 0.2) is 0 Å². The number of nitrogens with zero attached hydrogens (tertiary/aromatic N) is 2. The number of aromatic nitrogens is 1. The zero-order valence-corrected chi connectivity index (χ0v) is 35.8. The molecule has 0 saturated heterocycles. The average molecular weight is 825 g/mol. The summed E-state index contributed by atoms with van der Waals surface area (Å²) in [6, 6.07) is 84.7. The maximum absolute atomic E-state index is 2.61. The Hall–Kier alpha value is -8.20. The molecular formula is C63H40N2. The van der Waals surface area contributed by atoms with E-state index in [4.69, 9.17) is 0 Å². The lowest BCUT2D eigenvalue weighted by Gasteiger charge is -2.43. The van der Waals surface area contributed by atoms with Crippen LogP contribution in [0.2, 0.25) is 0 Å². The van der Waals surface area contributed by atoms with E-state index in [0.717, 1.165) is 5.69 Å². The van der Waals surface area contributed by atoms with Gasteiger partial charge >= 0.3 is 0 Å². The minimum atomic E-state index is -0.531. The Kier molecular flexibility index (Phi) is 6.78. The van der Waals surface area contributed by atoms with Gasteiger partial charge in [-0.25, -0.2) is 0 Å². The maximum atomic E-state index is 2.61. The van der Waals surface area contributed by atoms with Gasteiger partial charge in [0.1, 0.15) is 0 Å². The molecule has 2 aliphatic heterocycles. The predicted molar refractivity (Wildman–Crippen MR) is 268 cm³/mol. The number of anilines is 3. The molecule has 65 heavy (non-hydrogen) atoms. The molecule has 2 nitrogen and oxygen atoms in total. The second-order valence-electron chi connectivity index (χ2n) is 18.4. The third-order valence-electron chi connectivity index (χ3n) is 15.6. The lowest BCUT2D eigenvalue weighted by Crippen LogP contribution is -2.34. The Morgan fingerprint density at radius 2 is 0.892 bits per heavy atom. The Balaban J connectivity index is 1.06. The number of fused-ring (bicyclic) bond motifs is 17. The van der Waals surface area contributed by atoms with Crippen LogP contribution in [0.25, 0.3) is 72.0 Å². The average Bonchev–Trinajstić information content (AvgIpc) is 3.97. The van der Waals surface area contributed by atoms with Crippen molar-refractivity contribution in [2.24, 2.45) is 0 Å². The summed E-state index contributed by atoms with van der Waals surface area (Å²) in [4.78, 5) is 2.58. The summed E-state index contributed by atoms with van der Waals surface area (Å²) >= 11 is 0. The van der Waals surface area contributed by atoms with E-state index in [-0.39, 0.29) is 5.41 Å². The van der Waals surface area contributed by atoms with Crippen LogP contribution >= 0.6 is 0 Å². The van der Waals surface area contributed by atoms with Crippen molar-refractivity contribution in [3.8, 4) is 50.2 Å². The van der Waals surface area contributed by atoms with E-state index in [1.165, 1.54) is 122 Å². The molecule has 2 heteroatoms. The van der Waals surface area contributed by atoms with Crippen LogP contribution in [0.3, 0.4) is 0 Å². The highest BCUT2D eigenvalue weighted by atomic mass is 15.2. The summed E-state index contributed by atoms with van der Waals surface area (Å²) in [7, 11) is 0. The lowest BCUT2D eigenvalue weighted by molar-refractivity contribution is 0.702. The van der Waals surface area contributed by atoms with Gasteiger partial charge in [-0.05, 0) is 110 Å². The topological polar surface area (TPSA) is 8.17 Å². The number of para-hydroxylation sites is 4. The van der Waals surface area contributed by atoms with Gasteiger partial charge in [0.05, 0.1) is 39.2 Å². The molecule has 1 atom stereocenters. The van der Waals surface area contributed by atoms with Crippen LogP contribution in [0, 0.1) is 0 Å². The lowest BCUT2D eigenvalue weighted by atomic mass is 9.65. The minimum absolute atomic E-state index is 0.352. The van der Waals surface area contributed by atoms with Crippen LogP contribution in [0.5, 0.6) is 0 Å². The number of hydrogen-bond donors (Lipinski definition) is 0. The van der Waals surface area contributed by atoms with Crippen LogP contribution in [-0.2, 0) is 10.8 Å². The fraction of sp³-hybridized carbons (Fsp3) is 0.0476. The van der Waals surface area contributed by atoms with Gasteiger partial charge in [-0.15, -0.1) is 0 Å². The molecule has 0 N–H and O–H groups in total. The van der Waals surface area contributed by atoms with Crippen LogP contribution in [0.1, 0.15) is 45.9 Å². The largest absolute Gasteiger partial charge is 0.309 e. The van der Waals surface area contributed by atoms with Crippen molar-refractivity contribution < 1.29 is 0 Å². The Labute approximate surface area is 378 Å². The van der Waals surface area contributed by atoms with Gasteiger partial charge in [0, 0.05) is 27.3 Å². The Bertz CT molecular complexity index is 3820. The minimum Gasteiger partial charge on any atom is -0.309 e.